The van der Waals surface area contributed by atoms with Crippen molar-refractivity contribution in [3.05, 3.63) is 53.8 Å². The summed E-state index contributed by atoms with van der Waals surface area (Å²) in [5, 5.41) is 5.06. The van der Waals surface area contributed by atoms with E-state index in [4.69, 9.17) is 4.74 Å². The van der Waals surface area contributed by atoms with E-state index in [2.05, 4.69) is 10.6 Å². The highest BCUT2D eigenvalue weighted by atomic mass is 32.2. The number of hydrogen-bond donors (Lipinski definition) is 2. The molecule has 33 heavy (non-hydrogen) atoms. The van der Waals surface area contributed by atoms with Gasteiger partial charge in [0.25, 0.3) is 0 Å². The Kier molecular flexibility index (Phi) is 8.04. The molecule has 3 rings (SSSR count). The molecule has 0 radical (unpaired) electrons. The zero-order valence-corrected chi connectivity index (χ0v) is 19.5. The smallest absolute Gasteiger partial charge is 0.313 e. The Hall–Kier alpha value is -2.98. The van der Waals surface area contributed by atoms with E-state index in [9.17, 15) is 22.4 Å². The van der Waals surface area contributed by atoms with Gasteiger partial charge < -0.3 is 15.4 Å². The lowest BCUT2D eigenvalue weighted by Gasteiger charge is -2.35. The number of hydrogen-bond acceptors (Lipinski definition) is 5. The molecule has 1 saturated heterocycles. The molecule has 1 atom stereocenters. The van der Waals surface area contributed by atoms with Gasteiger partial charge in [-0.25, -0.2) is 12.8 Å². The van der Waals surface area contributed by atoms with Crippen LogP contribution in [0.1, 0.15) is 31.2 Å². The van der Waals surface area contributed by atoms with Crippen LogP contribution in [0.3, 0.4) is 0 Å². The van der Waals surface area contributed by atoms with Crippen LogP contribution in [0, 0.1) is 12.7 Å². The fraction of sp³-hybridized carbons (Fsp3) is 0.391. The first kappa shape index (κ1) is 24.7. The Bertz CT molecular complexity index is 1120. The number of amides is 2. The fourth-order valence-electron chi connectivity index (χ4n) is 3.97. The second-order valence-electron chi connectivity index (χ2n) is 7.87. The number of carbonyl (C=O) groups is 2. The van der Waals surface area contributed by atoms with E-state index in [-0.39, 0.29) is 17.5 Å². The van der Waals surface area contributed by atoms with E-state index in [1.165, 1.54) is 23.5 Å². The number of piperidine rings is 1. The van der Waals surface area contributed by atoms with Gasteiger partial charge in [0, 0.05) is 19.1 Å². The first-order valence-corrected chi connectivity index (χ1v) is 12.2. The van der Waals surface area contributed by atoms with Crippen LogP contribution in [-0.2, 0) is 19.6 Å². The van der Waals surface area contributed by atoms with Crippen LogP contribution >= 0.6 is 0 Å². The standard InChI is InChI=1S/C23H28FN3O5S/c1-16-15-17(24)10-11-21(16)33(30,31)27-14-6-5-7-18(27)12-13-25-22(28)23(29)26-19-8-3-4-9-20(19)32-2/h3-4,8-11,15,18H,5-7,12-14H2,1-2H3,(H,25,28)(H,26,29). The molecule has 2 aromatic carbocycles. The van der Waals surface area contributed by atoms with Gasteiger partial charge in [-0.3, -0.25) is 9.59 Å². The number of para-hydroxylation sites is 2. The summed E-state index contributed by atoms with van der Waals surface area (Å²) < 4.78 is 46.5. The topological polar surface area (TPSA) is 105 Å². The summed E-state index contributed by atoms with van der Waals surface area (Å²) in [6, 6.07) is 10.0. The number of nitrogens with one attached hydrogen (secondary N) is 2. The lowest BCUT2D eigenvalue weighted by Crippen LogP contribution is -2.46. The molecule has 0 spiro atoms. The largest absolute Gasteiger partial charge is 0.495 e. The van der Waals surface area contributed by atoms with Crippen LogP contribution in [0.4, 0.5) is 10.1 Å². The van der Waals surface area contributed by atoms with Gasteiger partial charge in [0.2, 0.25) is 10.0 Å². The monoisotopic (exact) mass is 477 g/mol. The van der Waals surface area contributed by atoms with Crippen LogP contribution in [0.5, 0.6) is 5.75 Å². The second-order valence-corrected chi connectivity index (χ2v) is 9.73. The van der Waals surface area contributed by atoms with Crippen molar-refractivity contribution in [3.63, 3.8) is 0 Å². The number of ether oxygens (including phenoxy) is 1. The van der Waals surface area contributed by atoms with Gasteiger partial charge in [-0.2, -0.15) is 4.31 Å². The Morgan fingerprint density at radius 1 is 1.15 bits per heavy atom. The average molecular weight is 478 g/mol. The molecule has 1 heterocycles. The molecule has 0 aliphatic carbocycles. The molecule has 0 saturated carbocycles. The summed E-state index contributed by atoms with van der Waals surface area (Å²) >= 11 is 0. The van der Waals surface area contributed by atoms with Crippen molar-refractivity contribution in [2.24, 2.45) is 0 Å². The molecule has 1 aliphatic rings. The van der Waals surface area contributed by atoms with Gasteiger partial charge in [0.1, 0.15) is 11.6 Å². The minimum absolute atomic E-state index is 0.0796. The molecule has 0 bridgehead atoms. The molecule has 2 aromatic rings. The number of anilines is 1. The van der Waals surface area contributed by atoms with E-state index >= 15 is 0 Å². The van der Waals surface area contributed by atoms with Crippen LogP contribution in [-0.4, -0.2) is 50.8 Å². The molecule has 178 valence electrons. The van der Waals surface area contributed by atoms with Gasteiger partial charge in [-0.1, -0.05) is 18.6 Å². The molecule has 1 unspecified atom stereocenters. The lowest BCUT2D eigenvalue weighted by molar-refractivity contribution is -0.136. The number of rotatable bonds is 7. The van der Waals surface area contributed by atoms with Crippen molar-refractivity contribution in [2.75, 3.05) is 25.5 Å². The van der Waals surface area contributed by atoms with E-state index in [0.717, 1.165) is 18.9 Å². The predicted octanol–water partition coefficient (Wildman–Crippen LogP) is 2.83. The molecule has 8 nitrogen and oxygen atoms in total. The van der Waals surface area contributed by atoms with E-state index < -0.39 is 27.7 Å². The zero-order chi connectivity index (χ0) is 24.0. The summed E-state index contributed by atoms with van der Waals surface area (Å²) in [7, 11) is -2.35. The van der Waals surface area contributed by atoms with Crippen LogP contribution in [0.25, 0.3) is 0 Å². The summed E-state index contributed by atoms with van der Waals surface area (Å²) in [6.07, 6.45) is 2.58. The lowest BCUT2D eigenvalue weighted by atomic mass is 10.0. The zero-order valence-electron chi connectivity index (χ0n) is 18.6. The number of aryl methyl sites for hydroxylation is 1. The highest BCUT2D eigenvalue weighted by Gasteiger charge is 2.34. The maximum atomic E-state index is 13.5. The normalized spacial score (nSPS) is 16.8. The molecule has 10 heteroatoms. The molecule has 1 fully saturated rings. The number of methoxy groups -OCH3 is 1. The summed E-state index contributed by atoms with van der Waals surface area (Å²) in [5.74, 6) is -1.72. The van der Waals surface area contributed by atoms with Crippen molar-refractivity contribution < 1.29 is 27.1 Å². The highest BCUT2D eigenvalue weighted by molar-refractivity contribution is 7.89. The van der Waals surface area contributed by atoms with Crippen molar-refractivity contribution in [3.8, 4) is 5.75 Å². The number of sulfonamides is 1. The number of carbonyl (C=O) groups excluding carboxylic acids is 2. The number of benzene rings is 2. The molecule has 0 aromatic heterocycles. The van der Waals surface area contributed by atoms with Gasteiger partial charge in [0.15, 0.2) is 0 Å². The summed E-state index contributed by atoms with van der Waals surface area (Å²) in [5.41, 5.74) is 0.722. The SMILES string of the molecule is COc1ccccc1NC(=O)C(=O)NCCC1CCCCN1S(=O)(=O)c1ccc(F)cc1C. The van der Waals surface area contributed by atoms with E-state index in [1.54, 1.807) is 31.2 Å². The Morgan fingerprint density at radius 3 is 2.64 bits per heavy atom. The summed E-state index contributed by atoms with van der Waals surface area (Å²) in [6.45, 7) is 2.05. The van der Waals surface area contributed by atoms with Crippen LogP contribution in [0.2, 0.25) is 0 Å². The first-order valence-electron chi connectivity index (χ1n) is 10.7. The number of halogens is 1. The van der Waals surface area contributed by atoms with Crippen molar-refractivity contribution in [2.45, 2.75) is 43.5 Å². The van der Waals surface area contributed by atoms with Crippen molar-refractivity contribution in [1.29, 1.82) is 0 Å². The molecular formula is C23H28FN3O5S. The van der Waals surface area contributed by atoms with E-state index in [0.29, 0.717) is 36.4 Å². The van der Waals surface area contributed by atoms with Crippen molar-refractivity contribution in [1.82, 2.24) is 9.62 Å². The maximum Gasteiger partial charge on any atom is 0.313 e. The van der Waals surface area contributed by atoms with Crippen LogP contribution in [0.15, 0.2) is 47.4 Å². The van der Waals surface area contributed by atoms with E-state index in [1.807, 2.05) is 0 Å². The Morgan fingerprint density at radius 2 is 1.91 bits per heavy atom. The predicted molar refractivity (Wildman–Crippen MR) is 122 cm³/mol. The second kappa shape index (κ2) is 10.8. The molecular weight excluding hydrogens is 449 g/mol. The Labute approximate surface area is 193 Å². The minimum atomic E-state index is -3.81. The highest BCUT2D eigenvalue weighted by Crippen LogP contribution is 2.29. The molecule has 2 amide bonds. The number of nitrogens with zero attached hydrogens (tertiary/aromatic N) is 1. The quantitative estimate of drug-likeness (QED) is 0.597. The van der Waals surface area contributed by atoms with Crippen LogP contribution < -0.4 is 15.4 Å². The van der Waals surface area contributed by atoms with Gasteiger partial charge in [0.05, 0.1) is 17.7 Å². The third-order valence-electron chi connectivity index (χ3n) is 5.62. The van der Waals surface area contributed by atoms with Gasteiger partial charge in [-0.15, -0.1) is 0 Å². The minimum Gasteiger partial charge on any atom is -0.495 e. The third kappa shape index (κ3) is 5.88. The first-order chi connectivity index (χ1) is 15.7. The van der Waals surface area contributed by atoms with Gasteiger partial charge >= 0.3 is 11.8 Å². The molecule has 2 N–H and O–H groups in total. The third-order valence-corrected chi connectivity index (χ3v) is 7.73. The Balaban J connectivity index is 1.61. The average Bonchev–Trinajstić information content (AvgIpc) is 2.79. The fourth-order valence-corrected chi connectivity index (χ4v) is 5.90. The maximum absolute atomic E-state index is 13.5. The molecule has 1 aliphatic heterocycles. The van der Waals surface area contributed by atoms with Crippen molar-refractivity contribution >= 4 is 27.5 Å². The van der Waals surface area contributed by atoms with Gasteiger partial charge in [-0.05, 0) is 62.1 Å². The summed E-state index contributed by atoms with van der Waals surface area (Å²) in [4.78, 5) is 24.5.